The number of hydrogen-bond acceptors (Lipinski definition) is 6. The zero-order chi connectivity index (χ0) is 23.3. The summed E-state index contributed by atoms with van der Waals surface area (Å²) in [6.45, 7) is 0. The van der Waals surface area contributed by atoms with Gasteiger partial charge in [-0.05, 0) is 48.5 Å². The van der Waals surface area contributed by atoms with Crippen LogP contribution < -0.4 is 14.9 Å². The predicted octanol–water partition coefficient (Wildman–Crippen LogP) is 5.55. The normalized spacial score (nSPS) is 11.1. The molecule has 0 radical (unpaired) electrons. The number of pyridine rings is 1. The number of anilines is 1. The van der Waals surface area contributed by atoms with E-state index in [1.807, 2.05) is 95.8 Å². The summed E-state index contributed by atoms with van der Waals surface area (Å²) in [6.07, 6.45) is 3.69. The molecule has 0 aliphatic heterocycles. The first-order valence-corrected chi connectivity index (χ1v) is 10.8. The summed E-state index contributed by atoms with van der Waals surface area (Å²) in [4.78, 5) is 4.61. The Morgan fingerprint density at radius 1 is 0.853 bits per heavy atom. The second kappa shape index (κ2) is 9.46. The van der Waals surface area contributed by atoms with Crippen LogP contribution in [0.4, 0.5) is 5.82 Å². The molecule has 2 aromatic heterocycles. The van der Waals surface area contributed by atoms with Crippen molar-refractivity contribution < 1.29 is 9.47 Å². The highest BCUT2D eigenvalue weighted by Gasteiger charge is 2.14. The van der Waals surface area contributed by atoms with Crippen molar-refractivity contribution in [3.05, 3.63) is 96.7 Å². The van der Waals surface area contributed by atoms with Gasteiger partial charge in [0.25, 0.3) is 0 Å². The van der Waals surface area contributed by atoms with E-state index >= 15 is 0 Å². The van der Waals surface area contributed by atoms with Crippen molar-refractivity contribution in [1.29, 1.82) is 0 Å². The summed E-state index contributed by atoms with van der Waals surface area (Å²) >= 11 is 0. The smallest absolute Gasteiger partial charge is 0.161 e. The number of fused-ring (bicyclic) bond motifs is 1. The Labute approximate surface area is 197 Å². The van der Waals surface area contributed by atoms with Crippen LogP contribution in [0.25, 0.3) is 27.8 Å². The number of hydrazone groups is 1. The quantitative estimate of drug-likeness (QED) is 0.260. The Kier molecular flexibility index (Phi) is 5.90. The minimum Gasteiger partial charge on any atom is -0.493 e. The van der Waals surface area contributed by atoms with Gasteiger partial charge < -0.3 is 9.47 Å². The minimum absolute atomic E-state index is 0.635. The topological polar surface area (TPSA) is 73.6 Å². The molecule has 0 aliphatic rings. The molecule has 0 bridgehead atoms. The summed E-state index contributed by atoms with van der Waals surface area (Å²) < 4.78 is 12.7. The third-order valence-corrected chi connectivity index (χ3v) is 5.40. The van der Waals surface area contributed by atoms with E-state index in [1.165, 1.54) is 0 Å². The van der Waals surface area contributed by atoms with Gasteiger partial charge in [0.05, 0.1) is 31.6 Å². The van der Waals surface area contributed by atoms with Crippen LogP contribution in [0.2, 0.25) is 0 Å². The molecule has 7 heteroatoms. The average Bonchev–Trinajstić information content (AvgIpc) is 3.33. The highest BCUT2D eigenvalue weighted by atomic mass is 16.5. The third-order valence-electron chi connectivity index (χ3n) is 5.40. The van der Waals surface area contributed by atoms with Gasteiger partial charge in [0, 0.05) is 22.7 Å². The van der Waals surface area contributed by atoms with Gasteiger partial charge in [-0.1, -0.05) is 36.4 Å². The van der Waals surface area contributed by atoms with Gasteiger partial charge >= 0.3 is 0 Å². The number of nitrogens with zero attached hydrogens (tertiary/aromatic N) is 4. The Balaban J connectivity index is 1.50. The summed E-state index contributed by atoms with van der Waals surface area (Å²) in [6, 6.07) is 27.6. The first kappa shape index (κ1) is 21.2. The second-order valence-electron chi connectivity index (χ2n) is 7.54. The number of nitrogens with one attached hydrogen (secondary N) is 1. The largest absolute Gasteiger partial charge is 0.493 e. The fourth-order valence-electron chi connectivity index (χ4n) is 3.70. The van der Waals surface area contributed by atoms with Crippen LogP contribution in [-0.4, -0.2) is 35.2 Å². The summed E-state index contributed by atoms with van der Waals surface area (Å²) in [5, 5.41) is 10.4. The number of ether oxygens (including phenoxy) is 2. The Morgan fingerprint density at radius 2 is 1.65 bits per heavy atom. The maximum Gasteiger partial charge on any atom is 0.161 e. The van der Waals surface area contributed by atoms with E-state index in [2.05, 4.69) is 15.5 Å². The monoisotopic (exact) mass is 449 g/mol. The lowest BCUT2D eigenvalue weighted by molar-refractivity contribution is 0.355. The van der Waals surface area contributed by atoms with Gasteiger partial charge in [0.2, 0.25) is 0 Å². The van der Waals surface area contributed by atoms with Crippen LogP contribution >= 0.6 is 0 Å². The number of hydrogen-bond donors (Lipinski definition) is 1. The molecule has 0 unspecified atom stereocenters. The minimum atomic E-state index is 0.635. The second-order valence-corrected chi connectivity index (χ2v) is 7.54. The van der Waals surface area contributed by atoms with E-state index < -0.39 is 0 Å². The lowest BCUT2D eigenvalue weighted by atomic mass is 10.1. The van der Waals surface area contributed by atoms with Crippen LogP contribution in [0, 0.1) is 0 Å². The Hall–Kier alpha value is -4.65. The van der Waals surface area contributed by atoms with Crippen LogP contribution in [0.1, 0.15) is 5.56 Å². The van der Waals surface area contributed by atoms with E-state index in [0.29, 0.717) is 17.3 Å². The standard InChI is InChI=1S/C27H23N5O2/c1-33-24-14-12-20(16-25(24)34-2)27-21(18-32(31-27)22-9-4-3-5-10-22)17-28-30-26-15-13-19-8-6-7-11-23(19)29-26/h3-18H,1-2H3,(H,29,30)/b28-17-. The number of para-hydroxylation sites is 2. The summed E-state index contributed by atoms with van der Waals surface area (Å²) in [7, 11) is 3.24. The van der Waals surface area contributed by atoms with E-state index in [-0.39, 0.29) is 0 Å². The van der Waals surface area contributed by atoms with Gasteiger partial charge in [0.15, 0.2) is 11.5 Å². The molecule has 34 heavy (non-hydrogen) atoms. The van der Waals surface area contributed by atoms with Gasteiger partial charge in [-0.15, -0.1) is 0 Å². The predicted molar refractivity (Wildman–Crippen MR) is 135 cm³/mol. The first-order valence-electron chi connectivity index (χ1n) is 10.8. The summed E-state index contributed by atoms with van der Waals surface area (Å²) in [5.41, 5.74) is 7.38. The van der Waals surface area contributed by atoms with E-state index in [1.54, 1.807) is 20.4 Å². The molecule has 0 saturated heterocycles. The number of methoxy groups -OCH3 is 2. The Morgan fingerprint density at radius 3 is 2.47 bits per heavy atom. The van der Waals surface area contributed by atoms with Gasteiger partial charge in [-0.3, -0.25) is 5.43 Å². The molecule has 0 saturated carbocycles. The van der Waals surface area contributed by atoms with E-state index in [0.717, 1.165) is 33.4 Å². The van der Waals surface area contributed by atoms with Crippen molar-refractivity contribution in [2.75, 3.05) is 19.6 Å². The molecule has 2 heterocycles. The van der Waals surface area contributed by atoms with Crippen LogP contribution in [0.15, 0.2) is 96.2 Å². The number of aromatic nitrogens is 3. The van der Waals surface area contributed by atoms with Crippen LogP contribution in [0.5, 0.6) is 11.5 Å². The van der Waals surface area contributed by atoms with Crippen molar-refractivity contribution in [3.8, 4) is 28.4 Å². The molecular formula is C27H23N5O2. The lowest BCUT2D eigenvalue weighted by Crippen LogP contribution is -1.95. The van der Waals surface area contributed by atoms with Crippen molar-refractivity contribution in [3.63, 3.8) is 0 Å². The van der Waals surface area contributed by atoms with Crippen molar-refractivity contribution >= 4 is 22.9 Å². The van der Waals surface area contributed by atoms with Crippen molar-refractivity contribution in [2.45, 2.75) is 0 Å². The highest BCUT2D eigenvalue weighted by molar-refractivity contribution is 5.89. The van der Waals surface area contributed by atoms with Crippen LogP contribution in [-0.2, 0) is 0 Å². The zero-order valence-corrected chi connectivity index (χ0v) is 18.8. The fraction of sp³-hybridized carbons (Fsp3) is 0.0741. The molecule has 5 aromatic rings. The maximum absolute atomic E-state index is 5.49. The third kappa shape index (κ3) is 4.31. The molecule has 0 atom stereocenters. The molecule has 0 fully saturated rings. The van der Waals surface area contributed by atoms with Crippen molar-refractivity contribution in [1.82, 2.24) is 14.8 Å². The number of benzene rings is 3. The average molecular weight is 450 g/mol. The van der Waals surface area contributed by atoms with Gasteiger partial charge in [-0.25, -0.2) is 9.67 Å². The Bertz CT molecular complexity index is 1460. The molecule has 0 spiro atoms. The molecule has 1 N–H and O–H groups in total. The first-order chi connectivity index (χ1) is 16.7. The van der Waals surface area contributed by atoms with E-state index in [9.17, 15) is 0 Å². The fourth-order valence-corrected chi connectivity index (χ4v) is 3.70. The highest BCUT2D eigenvalue weighted by Crippen LogP contribution is 2.33. The van der Waals surface area contributed by atoms with Crippen molar-refractivity contribution in [2.24, 2.45) is 5.10 Å². The lowest BCUT2D eigenvalue weighted by Gasteiger charge is -2.09. The zero-order valence-electron chi connectivity index (χ0n) is 18.8. The summed E-state index contributed by atoms with van der Waals surface area (Å²) in [5.74, 6) is 1.96. The molecule has 7 nitrogen and oxygen atoms in total. The molecule has 0 amide bonds. The molecule has 5 rings (SSSR count). The SMILES string of the molecule is COc1ccc(-c2nn(-c3ccccc3)cc2/C=N\Nc2ccc3ccccc3n2)cc1OC. The van der Waals surface area contributed by atoms with Gasteiger partial charge in [0.1, 0.15) is 11.5 Å². The van der Waals surface area contributed by atoms with E-state index in [4.69, 9.17) is 14.6 Å². The maximum atomic E-state index is 5.49. The van der Waals surface area contributed by atoms with Crippen LogP contribution in [0.3, 0.4) is 0 Å². The molecule has 3 aromatic carbocycles. The molecule has 168 valence electrons. The molecular weight excluding hydrogens is 426 g/mol. The van der Waals surface area contributed by atoms with Gasteiger partial charge in [-0.2, -0.15) is 10.2 Å². The number of rotatable bonds is 7. The molecule has 0 aliphatic carbocycles.